The van der Waals surface area contributed by atoms with E-state index in [1.807, 2.05) is 0 Å². The molecule has 1 N–H and O–H groups in total. The summed E-state index contributed by atoms with van der Waals surface area (Å²) in [6.07, 6.45) is 36.4. The number of unbranched alkanes of at least 4 members (excludes halogenated alkanes) is 26. The molecule has 0 aliphatic rings. The van der Waals surface area contributed by atoms with Crippen LogP contribution in [0.4, 0.5) is 0 Å². The number of nitrogens with zero attached hydrogens (tertiary/aromatic N) is 1. The molecule has 6 heteroatoms. The molecule has 0 aliphatic heterocycles. The molecule has 5 nitrogen and oxygen atoms in total. The van der Waals surface area contributed by atoms with Crippen LogP contribution in [0.25, 0.3) is 0 Å². The average molecular weight is 648 g/mol. The highest BCUT2D eigenvalue weighted by Gasteiger charge is 2.19. The molecule has 0 aromatic carbocycles. The lowest BCUT2D eigenvalue weighted by molar-refractivity contribution is 0.145. The van der Waals surface area contributed by atoms with E-state index in [4.69, 9.17) is 9.05 Å². The molecule has 0 aliphatic carbocycles. The SMILES string of the molecule is CCCCCCCCCCCCCCCCOP(=O)(O)OCCCCCCCCCCCCCCCC.CCN(CC)CC. The Bertz CT molecular complexity index is 515. The number of phosphoric acid groups is 1. The molecule has 0 aromatic rings. The van der Waals surface area contributed by atoms with Gasteiger partial charge < -0.3 is 9.79 Å². The summed E-state index contributed by atoms with van der Waals surface area (Å²) in [4.78, 5) is 12.2. The van der Waals surface area contributed by atoms with E-state index in [-0.39, 0.29) is 0 Å². The molecule has 0 fully saturated rings. The summed E-state index contributed by atoms with van der Waals surface area (Å²) in [7, 11) is -3.87. The zero-order valence-corrected chi connectivity index (χ0v) is 31.8. The molecular formula is C38H82NO4P. The van der Waals surface area contributed by atoms with Crippen molar-refractivity contribution < 1.29 is 18.5 Å². The number of phosphoric ester groups is 1. The highest BCUT2D eigenvalue weighted by Crippen LogP contribution is 2.43. The van der Waals surface area contributed by atoms with E-state index in [1.165, 1.54) is 174 Å². The Hall–Kier alpha value is 0.0700. The summed E-state index contributed by atoms with van der Waals surface area (Å²) < 4.78 is 22.3. The Labute approximate surface area is 278 Å². The topological polar surface area (TPSA) is 59.0 Å². The van der Waals surface area contributed by atoms with Crippen molar-refractivity contribution in [1.82, 2.24) is 4.90 Å². The van der Waals surface area contributed by atoms with Crippen molar-refractivity contribution in [3.63, 3.8) is 0 Å². The number of hydrogen-bond acceptors (Lipinski definition) is 4. The monoisotopic (exact) mass is 648 g/mol. The van der Waals surface area contributed by atoms with Crippen LogP contribution in [0.15, 0.2) is 0 Å². The van der Waals surface area contributed by atoms with Crippen molar-refractivity contribution >= 4 is 7.82 Å². The van der Waals surface area contributed by atoms with Gasteiger partial charge in [-0.15, -0.1) is 0 Å². The molecular weight excluding hydrogens is 565 g/mol. The summed E-state index contributed by atoms with van der Waals surface area (Å²) in [5.41, 5.74) is 0. The first-order chi connectivity index (χ1) is 21.5. The molecule has 0 radical (unpaired) electrons. The van der Waals surface area contributed by atoms with Gasteiger partial charge in [-0.1, -0.05) is 202 Å². The standard InChI is InChI=1S/C32H67O4P.C6H15N/c1-3-5-7-9-11-13-15-17-19-21-23-25-27-29-31-35-37(33,34)36-32-30-28-26-24-22-20-18-16-14-12-10-8-6-4-2;1-4-7(5-2)6-3/h3-32H2,1-2H3,(H,33,34);4-6H2,1-3H3. The van der Waals surface area contributed by atoms with E-state index in [0.717, 1.165) is 25.7 Å². The van der Waals surface area contributed by atoms with Gasteiger partial charge in [0.25, 0.3) is 0 Å². The molecule has 0 aromatic heterocycles. The molecule has 0 unspecified atom stereocenters. The molecule has 0 bridgehead atoms. The number of hydrogen-bond donors (Lipinski definition) is 1. The van der Waals surface area contributed by atoms with Crippen LogP contribution in [0.1, 0.15) is 214 Å². The lowest BCUT2D eigenvalue weighted by Gasteiger charge is -2.13. The quantitative estimate of drug-likeness (QED) is 0.0548. The lowest BCUT2D eigenvalue weighted by Crippen LogP contribution is -2.21. The largest absolute Gasteiger partial charge is 0.472 e. The lowest BCUT2D eigenvalue weighted by atomic mass is 10.0. The van der Waals surface area contributed by atoms with Crippen molar-refractivity contribution in [3.05, 3.63) is 0 Å². The number of rotatable bonds is 35. The van der Waals surface area contributed by atoms with Crippen molar-refractivity contribution in [2.24, 2.45) is 0 Å². The Balaban J connectivity index is 0. The van der Waals surface area contributed by atoms with E-state index in [9.17, 15) is 9.46 Å². The van der Waals surface area contributed by atoms with Gasteiger partial charge in [-0.25, -0.2) is 4.57 Å². The van der Waals surface area contributed by atoms with E-state index in [0.29, 0.717) is 13.2 Å². The van der Waals surface area contributed by atoms with Gasteiger partial charge in [-0.05, 0) is 32.5 Å². The van der Waals surface area contributed by atoms with Crippen LogP contribution in [-0.2, 0) is 13.6 Å². The van der Waals surface area contributed by atoms with Gasteiger partial charge in [0.1, 0.15) is 0 Å². The second-order valence-corrected chi connectivity index (χ2v) is 14.4. The minimum absolute atomic E-state index is 0.324. The van der Waals surface area contributed by atoms with Crippen LogP contribution in [0.5, 0.6) is 0 Å². The maximum absolute atomic E-state index is 12.0. The highest BCUT2D eigenvalue weighted by molar-refractivity contribution is 7.47. The summed E-state index contributed by atoms with van der Waals surface area (Å²) in [6, 6.07) is 0. The normalized spacial score (nSPS) is 11.7. The third-order valence-electron chi connectivity index (χ3n) is 8.85. The van der Waals surface area contributed by atoms with Gasteiger partial charge >= 0.3 is 7.82 Å². The van der Waals surface area contributed by atoms with Crippen LogP contribution in [0.2, 0.25) is 0 Å². The first-order valence-corrected chi connectivity index (χ1v) is 21.3. The van der Waals surface area contributed by atoms with E-state index in [2.05, 4.69) is 39.5 Å². The summed E-state index contributed by atoms with van der Waals surface area (Å²) in [5, 5.41) is 0. The smallest absolute Gasteiger partial charge is 0.304 e. The van der Waals surface area contributed by atoms with Crippen LogP contribution in [-0.4, -0.2) is 42.6 Å². The van der Waals surface area contributed by atoms with Crippen molar-refractivity contribution in [3.8, 4) is 0 Å². The molecule has 268 valence electrons. The minimum Gasteiger partial charge on any atom is -0.304 e. The minimum atomic E-state index is -3.87. The Kier molecular flexibility index (Phi) is 41.2. The van der Waals surface area contributed by atoms with Crippen LogP contribution >= 0.6 is 7.82 Å². The Morgan fingerprint density at radius 1 is 0.386 bits per heavy atom. The Morgan fingerprint density at radius 3 is 0.773 bits per heavy atom. The predicted octanol–water partition coefficient (Wildman–Crippen LogP) is 13.4. The average Bonchev–Trinajstić information content (AvgIpc) is 3.02. The van der Waals surface area contributed by atoms with Crippen molar-refractivity contribution in [2.75, 3.05) is 32.8 Å². The maximum atomic E-state index is 12.0. The van der Waals surface area contributed by atoms with E-state index in [1.54, 1.807) is 0 Å². The first-order valence-electron chi connectivity index (χ1n) is 19.8. The molecule has 0 saturated heterocycles. The third kappa shape index (κ3) is 40.1. The first kappa shape index (κ1) is 46.2. The van der Waals surface area contributed by atoms with Crippen molar-refractivity contribution in [2.45, 2.75) is 214 Å². The molecule has 0 amide bonds. The van der Waals surface area contributed by atoms with Gasteiger partial charge in [-0.2, -0.15) is 0 Å². The third-order valence-corrected chi connectivity index (χ3v) is 9.86. The predicted molar refractivity (Wildman–Crippen MR) is 196 cm³/mol. The fraction of sp³-hybridized carbons (Fsp3) is 1.00. The van der Waals surface area contributed by atoms with Crippen LogP contribution < -0.4 is 0 Å². The molecule has 0 saturated carbocycles. The Morgan fingerprint density at radius 2 is 0.591 bits per heavy atom. The highest BCUT2D eigenvalue weighted by atomic mass is 31.2. The summed E-state index contributed by atoms with van der Waals surface area (Å²) in [5.74, 6) is 0. The molecule has 0 atom stereocenters. The van der Waals surface area contributed by atoms with Gasteiger partial charge in [0.2, 0.25) is 0 Å². The second-order valence-electron chi connectivity index (χ2n) is 12.9. The van der Waals surface area contributed by atoms with E-state index < -0.39 is 7.82 Å². The zero-order valence-electron chi connectivity index (χ0n) is 30.9. The maximum Gasteiger partial charge on any atom is 0.472 e. The second kappa shape index (κ2) is 39.2. The van der Waals surface area contributed by atoms with Gasteiger partial charge in [0, 0.05) is 0 Å². The zero-order chi connectivity index (χ0) is 32.8. The van der Waals surface area contributed by atoms with Gasteiger partial charge in [0.05, 0.1) is 13.2 Å². The van der Waals surface area contributed by atoms with E-state index >= 15 is 0 Å². The molecule has 44 heavy (non-hydrogen) atoms. The van der Waals surface area contributed by atoms with Gasteiger partial charge in [0.15, 0.2) is 0 Å². The fourth-order valence-corrected chi connectivity index (χ4v) is 6.46. The van der Waals surface area contributed by atoms with Crippen LogP contribution in [0.3, 0.4) is 0 Å². The summed E-state index contributed by atoms with van der Waals surface area (Å²) in [6.45, 7) is 15.3. The molecule has 0 heterocycles. The summed E-state index contributed by atoms with van der Waals surface area (Å²) >= 11 is 0. The van der Waals surface area contributed by atoms with Crippen LogP contribution in [0, 0.1) is 0 Å². The molecule has 0 rings (SSSR count). The fourth-order valence-electron chi connectivity index (χ4n) is 5.66. The van der Waals surface area contributed by atoms with Crippen molar-refractivity contribution in [1.29, 1.82) is 0 Å². The van der Waals surface area contributed by atoms with Gasteiger partial charge in [-0.3, -0.25) is 9.05 Å². The molecule has 0 spiro atoms.